The molecule has 5 heteroatoms. The number of nitrogens with zero attached hydrogens (tertiary/aromatic N) is 2. The first kappa shape index (κ1) is 14.8. The van der Waals surface area contributed by atoms with E-state index in [1.807, 2.05) is 43.0 Å². The van der Waals surface area contributed by atoms with Crippen molar-refractivity contribution < 1.29 is 9.53 Å². The van der Waals surface area contributed by atoms with Gasteiger partial charge in [-0.15, -0.1) is 0 Å². The number of nitrogens with two attached hydrogens (primary N) is 1. The molecule has 0 bridgehead atoms. The van der Waals surface area contributed by atoms with Gasteiger partial charge in [-0.1, -0.05) is 12.1 Å². The van der Waals surface area contributed by atoms with Crippen LogP contribution in [0, 0.1) is 6.92 Å². The van der Waals surface area contributed by atoms with Crippen LogP contribution in [0.1, 0.15) is 22.8 Å². The van der Waals surface area contributed by atoms with Crippen LogP contribution >= 0.6 is 0 Å². The topological polar surface area (TPSA) is 68.5 Å². The van der Waals surface area contributed by atoms with E-state index in [-0.39, 0.29) is 0 Å². The molecule has 5 nitrogen and oxygen atoms in total. The molecule has 21 heavy (non-hydrogen) atoms. The average Bonchev–Trinajstić information content (AvgIpc) is 2.48. The van der Waals surface area contributed by atoms with Crippen LogP contribution in [-0.4, -0.2) is 24.6 Å². The predicted molar refractivity (Wildman–Crippen MR) is 83.8 cm³/mol. The molecule has 110 valence electrons. The molecular formula is C16H19N3O2. The normalized spacial score (nSPS) is 10.2. The summed E-state index contributed by atoms with van der Waals surface area (Å²) >= 11 is 0. The molecule has 1 heterocycles. The van der Waals surface area contributed by atoms with Gasteiger partial charge in [0.05, 0.1) is 19.0 Å². The fourth-order valence-corrected chi connectivity index (χ4v) is 2.20. The number of rotatable bonds is 4. The summed E-state index contributed by atoms with van der Waals surface area (Å²) < 4.78 is 4.83. The smallest absolute Gasteiger partial charge is 0.341 e. The molecule has 0 aliphatic carbocycles. The van der Waals surface area contributed by atoms with Gasteiger partial charge in [-0.05, 0) is 37.6 Å². The van der Waals surface area contributed by atoms with Gasteiger partial charge in [-0.25, -0.2) is 9.78 Å². The third kappa shape index (κ3) is 3.13. The van der Waals surface area contributed by atoms with Crippen molar-refractivity contribution in [2.45, 2.75) is 13.8 Å². The van der Waals surface area contributed by atoms with Crippen LogP contribution in [-0.2, 0) is 4.74 Å². The van der Waals surface area contributed by atoms with Crippen molar-refractivity contribution in [1.82, 2.24) is 4.98 Å². The molecule has 0 spiro atoms. The molecular weight excluding hydrogens is 266 g/mol. The lowest BCUT2D eigenvalue weighted by molar-refractivity contribution is 0.0601. The van der Waals surface area contributed by atoms with Gasteiger partial charge in [0.2, 0.25) is 0 Å². The quantitative estimate of drug-likeness (QED) is 0.875. The Hall–Kier alpha value is -2.56. The minimum atomic E-state index is -0.448. The highest BCUT2D eigenvalue weighted by molar-refractivity contribution is 5.96. The highest BCUT2D eigenvalue weighted by Crippen LogP contribution is 2.28. The zero-order valence-corrected chi connectivity index (χ0v) is 12.5. The number of carbonyl (C=O) groups excluding carboxylic acids is 1. The molecule has 2 N–H and O–H groups in total. The van der Waals surface area contributed by atoms with E-state index in [4.69, 9.17) is 10.5 Å². The van der Waals surface area contributed by atoms with E-state index in [9.17, 15) is 4.79 Å². The van der Waals surface area contributed by atoms with Crippen molar-refractivity contribution in [3.8, 4) is 0 Å². The summed E-state index contributed by atoms with van der Waals surface area (Å²) in [7, 11) is 1.35. The Kier molecular flexibility index (Phi) is 4.42. The molecule has 0 unspecified atom stereocenters. The highest BCUT2D eigenvalue weighted by atomic mass is 16.5. The van der Waals surface area contributed by atoms with Crippen LogP contribution in [0.4, 0.5) is 17.2 Å². The molecule has 1 aromatic carbocycles. The Bertz CT molecular complexity index is 656. The second-order valence-electron chi connectivity index (χ2n) is 4.71. The molecule has 0 saturated heterocycles. The number of ether oxygens (including phenoxy) is 1. The zero-order valence-electron chi connectivity index (χ0n) is 12.5. The standard InChI is InChI=1S/C16H19N3O2/c1-4-19(13-7-5-6-11(2)8-13)15-14(16(20)21-3)9-12(17)10-18-15/h5-10H,4,17H2,1-3H3. The fraction of sp³-hybridized carbons (Fsp3) is 0.250. The Labute approximate surface area is 124 Å². The van der Waals surface area contributed by atoms with Crippen LogP contribution in [0.15, 0.2) is 36.5 Å². The fourth-order valence-electron chi connectivity index (χ4n) is 2.20. The minimum absolute atomic E-state index is 0.362. The summed E-state index contributed by atoms with van der Waals surface area (Å²) in [6, 6.07) is 9.61. The summed E-state index contributed by atoms with van der Waals surface area (Å²) in [5, 5.41) is 0. The van der Waals surface area contributed by atoms with Gasteiger partial charge in [-0.3, -0.25) is 0 Å². The van der Waals surface area contributed by atoms with E-state index in [2.05, 4.69) is 4.98 Å². The summed E-state index contributed by atoms with van der Waals surface area (Å²) in [5.74, 6) is 0.0973. The van der Waals surface area contributed by atoms with Gasteiger partial charge in [0, 0.05) is 12.2 Å². The first-order valence-electron chi connectivity index (χ1n) is 6.74. The van der Waals surface area contributed by atoms with Gasteiger partial charge in [0.1, 0.15) is 11.4 Å². The van der Waals surface area contributed by atoms with Crippen molar-refractivity contribution in [1.29, 1.82) is 0 Å². The molecule has 0 radical (unpaired) electrons. The van der Waals surface area contributed by atoms with Crippen molar-refractivity contribution in [3.63, 3.8) is 0 Å². The van der Waals surface area contributed by atoms with Gasteiger partial charge in [0.25, 0.3) is 0 Å². The Morgan fingerprint density at radius 2 is 2.14 bits per heavy atom. The SMILES string of the molecule is CCN(c1cccc(C)c1)c1ncc(N)cc1C(=O)OC. The molecule has 2 aromatic rings. The van der Waals surface area contributed by atoms with E-state index >= 15 is 0 Å². The number of benzene rings is 1. The van der Waals surface area contributed by atoms with Crippen LogP contribution < -0.4 is 10.6 Å². The lowest BCUT2D eigenvalue weighted by atomic mass is 10.1. The van der Waals surface area contributed by atoms with E-state index in [0.717, 1.165) is 11.3 Å². The Morgan fingerprint density at radius 3 is 2.76 bits per heavy atom. The molecule has 0 saturated carbocycles. The second-order valence-corrected chi connectivity index (χ2v) is 4.71. The maximum Gasteiger partial charge on any atom is 0.341 e. The van der Waals surface area contributed by atoms with Crippen LogP contribution in [0.5, 0.6) is 0 Å². The number of hydrogen-bond acceptors (Lipinski definition) is 5. The second kappa shape index (κ2) is 6.26. The largest absolute Gasteiger partial charge is 0.465 e. The number of pyridine rings is 1. The lowest BCUT2D eigenvalue weighted by Gasteiger charge is -2.24. The third-order valence-electron chi connectivity index (χ3n) is 3.18. The molecule has 2 rings (SSSR count). The van der Waals surface area contributed by atoms with Crippen molar-refractivity contribution in [2.75, 3.05) is 24.3 Å². The molecule has 0 atom stereocenters. The monoisotopic (exact) mass is 285 g/mol. The van der Waals surface area contributed by atoms with Crippen LogP contribution in [0.25, 0.3) is 0 Å². The molecule has 0 aliphatic heterocycles. The number of esters is 1. The maximum absolute atomic E-state index is 12.0. The number of carbonyl (C=O) groups is 1. The Balaban J connectivity index is 2.54. The van der Waals surface area contributed by atoms with E-state index in [0.29, 0.717) is 23.6 Å². The third-order valence-corrected chi connectivity index (χ3v) is 3.18. The van der Waals surface area contributed by atoms with Gasteiger partial charge in [0.15, 0.2) is 0 Å². The highest BCUT2D eigenvalue weighted by Gasteiger charge is 2.19. The molecule has 0 amide bonds. The van der Waals surface area contributed by atoms with Crippen LogP contribution in [0.2, 0.25) is 0 Å². The summed E-state index contributed by atoms with van der Waals surface area (Å²) in [6.45, 7) is 4.70. The van der Waals surface area contributed by atoms with E-state index < -0.39 is 5.97 Å². The van der Waals surface area contributed by atoms with Gasteiger partial charge < -0.3 is 15.4 Å². The number of anilines is 3. The molecule has 0 fully saturated rings. The predicted octanol–water partition coefficient (Wildman–Crippen LogP) is 2.92. The van der Waals surface area contributed by atoms with Crippen molar-refractivity contribution >= 4 is 23.2 Å². The Morgan fingerprint density at radius 1 is 1.38 bits per heavy atom. The summed E-state index contributed by atoms with van der Waals surface area (Å²) in [5.41, 5.74) is 8.64. The van der Waals surface area contributed by atoms with Crippen molar-refractivity contribution in [2.24, 2.45) is 0 Å². The number of nitrogen functional groups attached to an aromatic ring is 1. The maximum atomic E-state index is 12.0. The first-order chi connectivity index (χ1) is 10.1. The van der Waals surface area contributed by atoms with Gasteiger partial charge >= 0.3 is 5.97 Å². The molecule has 1 aromatic heterocycles. The van der Waals surface area contributed by atoms with Crippen molar-refractivity contribution in [3.05, 3.63) is 47.7 Å². The minimum Gasteiger partial charge on any atom is -0.465 e. The lowest BCUT2D eigenvalue weighted by Crippen LogP contribution is -2.21. The van der Waals surface area contributed by atoms with Crippen LogP contribution in [0.3, 0.4) is 0 Å². The zero-order chi connectivity index (χ0) is 15.4. The summed E-state index contributed by atoms with van der Waals surface area (Å²) in [6.07, 6.45) is 1.54. The molecule has 0 aliphatic rings. The number of aryl methyl sites for hydroxylation is 1. The number of aromatic nitrogens is 1. The average molecular weight is 285 g/mol. The summed E-state index contributed by atoms with van der Waals surface area (Å²) in [4.78, 5) is 18.2. The number of hydrogen-bond donors (Lipinski definition) is 1. The van der Waals surface area contributed by atoms with E-state index in [1.165, 1.54) is 7.11 Å². The van der Waals surface area contributed by atoms with Gasteiger partial charge in [-0.2, -0.15) is 0 Å². The van der Waals surface area contributed by atoms with E-state index in [1.54, 1.807) is 12.3 Å². The number of methoxy groups -OCH3 is 1. The first-order valence-corrected chi connectivity index (χ1v) is 6.74.